The van der Waals surface area contributed by atoms with Crippen LogP contribution in [0.15, 0.2) is 47.6 Å². The van der Waals surface area contributed by atoms with Crippen molar-refractivity contribution in [2.75, 3.05) is 7.11 Å². The lowest BCUT2D eigenvalue weighted by Gasteiger charge is -2.15. The van der Waals surface area contributed by atoms with Crippen LogP contribution in [0.5, 0.6) is 5.75 Å². The second-order valence-corrected chi connectivity index (χ2v) is 7.66. The van der Waals surface area contributed by atoms with E-state index in [1.165, 1.54) is 0 Å². The van der Waals surface area contributed by atoms with E-state index in [1.807, 2.05) is 22.6 Å². The van der Waals surface area contributed by atoms with Crippen molar-refractivity contribution in [3.8, 4) is 11.4 Å². The van der Waals surface area contributed by atoms with Crippen molar-refractivity contribution in [1.82, 2.24) is 29.4 Å². The molecule has 28 heavy (non-hydrogen) atoms. The van der Waals surface area contributed by atoms with E-state index in [0.717, 1.165) is 40.0 Å². The Labute approximate surface area is 168 Å². The first-order valence-electron chi connectivity index (χ1n) is 8.91. The highest BCUT2D eigenvalue weighted by molar-refractivity contribution is 9.10. The highest BCUT2D eigenvalue weighted by Gasteiger charge is 2.32. The number of rotatable bonds is 5. The van der Waals surface area contributed by atoms with Crippen LogP contribution in [-0.2, 0) is 0 Å². The molecule has 0 aliphatic heterocycles. The summed E-state index contributed by atoms with van der Waals surface area (Å²) in [6.07, 6.45) is 8.17. The van der Waals surface area contributed by atoms with Crippen LogP contribution in [0.25, 0.3) is 11.2 Å². The third kappa shape index (κ3) is 2.87. The van der Waals surface area contributed by atoms with Gasteiger partial charge >= 0.3 is 0 Å². The van der Waals surface area contributed by atoms with Crippen LogP contribution in [-0.4, -0.2) is 41.6 Å². The molecule has 3 aromatic heterocycles. The first-order valence-corrected chi connectivity index (χ1v) is 9.70. The lowest BCUT2D eigenvalue weighted by Crippen LogP contribution is -2.11. The van der Waals surface area contributed by atoms with E-state index < -0.39 is 6.10 Å². The average Bonchev–Trinajstić information content (AvgIpc) is 3.24. The van der Waals surface area contributed by atoms with E-state index >= 15 is 0 Å². The topological polar surface area (TPSA) is 90.4 Å². The maximum Gasteiger partial charge on any atom is 0.142 e. The van der Waals surface area contributed by atoms with Gasteiger partial charge in [0.25, 0.3) is 0 Å². The van der Waals surface area contributed by atoms with Crippen molar-refractivity contribution in [2.24, 2.45) is 0 Å². The van der Waals surface area contributed by atoms with Gasteiger partial charge in [0, 0.05) is 5.92 Å². The summed E-state index contributed by atoms with van der Waals surface area (Å²) < 4.78 is 9.59. The molecule has 3 heterocycles. The van der Waals surface area contributed by atoms with Crippen molar-refractivity contribution in [1.29, 1.82) is 0 Å². The van der Waals surface area contributed by atoms with Crippen LogP contribution >= 0.6 is 15.9 Å². The number of halogens is 1. The maximum absolute atomic E-state index is 11.1. The van der Waals surface area contributed by atoms with E-state index in [2.05, 4.69) is 36.2 Å². The quantitative estimate of drug-likeness (QED) is 0.512. The summed E-state index contributed by atoms with van der Waals surface area (Å²) >= 11 is 3.48. The molecule has 1 saturated carbocycles. The molecule has 0 spiro atoms. The molecule has 142 valence electrons. The maximum atomic E-state index is 11.1. The average molecular weight is 441 g/mol. The van der Waals surface area contributed by atoms with Crippen molar-refractivity contribution >= 4 is 21.4 Å². The Hall–Kier alpha value is -2.78. The molecule has 1 fully saturated rings. The summed E-state index contributed by atoms with van der Waals surface area (Å²) in [6, 6.07) is 5.61. The minimum atomic E-state index is -0.948. The second kappa shape index (κ2) is 6.68. The zero-order valence-electron chi connectivity index (χ0n) is 15.0. The summed E-state index contributed by atoms with van der Waals surface area (Å²) in [7, 11) is 1.62. The lowest BCUT2D eigenvalue weighted by atomic mass is 10.1. The van der Waals surface area contributed by atoms with Crippen LogP contribution in [0.4, 0.5) is 0 Å². The number of aliphatic hydroxyl groups excluding tert-OH is 1. The molecule has 0 saturated heterocycles. The number of methoxy groups -OCH3 is 1. The molecule has 5 rings (SSSR count). The molecule has 1 aliphatic carbocycles. The lowest BCUT2D eigenvalue weighted by molar-refractivity contribution is 0.206. The van der Waals surface area contributed by atoms with Crippen molar-refractivity contribution in [3.05, 3.63) is 64.7 Å². The molecule has 0 radical (unpaired) electrons. The summed E-state index contributed by atoms with van der Waals surface area (Å²) in [4.78, 5) is 8.78. The Kier molecular flexibility index (Phi) is 4.13. The van der Waals surface area contributed by atoms with Gasteiger partial charge in [0.15, 0.2) is 0 Å². The van der Waals surface area contributed by atoms with Crippen molar-refractivity contribution < 1.29 is 9.84 Å². The predicted octanol–water partition coefficient (Wildman–Crippen LogP) is 3.04. The monoisotopic (exact) mass is 440 g/mol. The SMILES string of the molecule is COc1ccc(-n2cc([C@H](O)c3c(C4CC4)ncc4cncn34)nn2)cc1Br. The van der Waals surface area contributed by atoms with Crippen LogP contribution in [0.3, 0.4) is 0 Å². The Morgan fingerprint density at radius 2 is 2.14 bits per heavy atom. The first-order chi connectivity index (χ1) is 13.7. The number of hydrogen-bond donors (Lipinski definition) is 1. The van der Waals surface area contributed by atoms with Crippen LogP contribution in [0.1, 0.15) is 41.9 Å². The number of imidazole rings is 1. The predicted molar refractivity (Wildman–Crippen MR) is 105 cm³/mol. The van der Waals surface area contributed by atoms with Gasteiger partial charge in [-0.25, -0.2) is 9.67 Å². The van der Waals surface area contributed by atoms with Crippen LogP contribution in [0.2, 0.25) is 0 Å². The molecule has 0 amide bonds. The van der Waals surface area contributed by atoms with Crippen LogP contribution < -0.4 is 4.74 Å². The molecule has 0 bridgehead atoms. The summed E-state index contributed by atoms with van der Waals surface area (Å²) in [5, 5.41) is 19.5. The Bertz CT molecular complexity index is 1170. The molecule has 1 atom stereocenters. The van der Waals surface area contributed by atoms with Gasteiger partial charge < -0.3 is 9.84 Å². The first kappa shape index (κ1) is 17.3. The highest BCUT2D eigenvalue weighted by atomic mass is 79.9. The molecule has 0 unspecified atom stereocenters. The van der Waals surface area contributed by atoms with Gasteiger partial charge in [0.2, 0.25) is 0 Å². The second-order valence-electron chi connectivity index (χ2n) is 6.80. The fraction of sp³-hybridized carbons (Fsp3) is 0.263. The Balaban J connectivity index is 1.55. The van der Waals surface area contributed by atoms with Gasteiger partial charge in [0.1, 0.15) is 17.5 Å². The molecular formula is C19H17BrN6O2. The number of ether oxygens (including phenoxy) is 1. The van der Waals surface area contributed by atoms with E-state index in [0.29, 0.717) is 17.3 Å². The molecule has 9 heteroatoms. The van der Waals surface area contributed by atoms with Crippen molar-refractivity contribution in [2.45, 2.75) is 24.9 Å². The van der Waals surface area contributed by atoms with E-state index in [9.17, 15) is 5.11 Å². The van der Waals surface area contributed by atoms with E-state index in [-0.39, 0.29) is 0 Å². The van der Waals surface area contributed by atoms with Gasteiger partial charge in [-0.1, -0.05) is 5.21 Å². The van der Waals surface area contributed by atoms with Gasteiger partial charge in [-0.05, 0) is 47.0 Å². The molecule has 1 N–H and O–H groups in total. The number of aliphatic hydroxyl groups is 1. The summed E-state index contributed by atoms with van der Waals surface area (Å²) in [6.45, 7) is 0. The zero-order valence-corrected chi connectivity index (χ0v) is 16.6. The molecular weight excluding hydrogens is 424 g/mol. The molecule has 1 aliphatic rings. The fourth-order valence-corrected chi connectivity index (χ4v) is 3.87. The van der Waals surface area contributed by atoms with Gasteiger partial charge in [-0.2, -0.15) is 0 Å². The molecule has 4 aromatic rings. The molecule has 1 aromatic carbocycles. The minimum Gasteiger partial charge on any atom is -0.496 e. The number of aromatic nitrogens is 6. The normalized spacial score (nSPS) is 15.1. The van der Waals surface area contributed by atoms with E-state index in [4.69, 9.17) is 4.74 Å². The number of nitrogens with zero attached hydrogens (tertiary/aromatic N) is 6. The number of benzene rings is 1. The summed E-state index contributed by atoms with van der Waals surface area (Å²) in [5.41, 5.74) is 3.71. The van der Waals surface area contributed by atoms with Crippen LogP contribution in [0, 0.1) is 0 Å². The number of hydrogen-bond acceptors (Lipinski definition) is 6. The third-order valence-electron chi connectivity index (χ3n) is 4.94. The van der Waals surface area contributed by atoms with Gasteiger partial charge in [-0.15, -0.1) is 5.10 Å². The molecule has 8 nitrogen and oxygen atoms in total. The van der Waals surface area contributed by atoms with Gasteiger partial charge in [-0.3, -0.25) is 9.38 Å². The number of fused-ring (bicyclic) bond motifs is 1. The largest absolute Gasteiger partial charge is 0.496 e. The Morgan fingerprint density at radius 1 is 1.29 bits per heavy atom. The minimum absolute atomic E-state index is 0.379. The standard InChI is InChI=1S/C19H17BrN6O2/c1-28-16-5-4-12(6-14(16)20)26-9-15(23-24-26)19(27)18-17(11-2-3-11)22-8-13-7-21-10-25(13)18/h4-11,19,27H,2-3H2,1H3/t19-/m0/s1. The van der Waals surface area contributed by atoms with E-state index in [1.54, 1.807) is 36.7 Å². The van der Waals surface area contributed by atoms with Gasteiger partial charge in [0.05, 0.1) is 59.1 Å². The smallest absolute Gasteiger partial charge is 0.142 e. The zero-order chi connectivity index (χ0) is 19.3. The Morgan fingerprint density at radius 3 is 2.89 bits per heavy atom. The fourth-order valence-electron chi connectivity index (χ4n) is 3.34. The summed E-state index contributed by atoms with van der Waals surface area (Å²) in [5.74, 6) is 1.11. The highest BCUT2D eigenvalue weighted by Crippen LogP contribution is 2.42. The third-order valence-corrected chi connectivity index (χ3v) is 5.56. The van der Waals surface area contributed by atoms with Crippen molar-refractivity contribution in [3.63, 3.8) is 0 Å².